The molecular weight excluding hydrogens is 272 g/mol. The summed E-state index contributed by atoms with van der Waals surface area (Å²) in [6.07, 6.45) is 8.15. The van der Waals surface area contributed by atoms with Gasteiger partial charge in [0, 0.05) is 25.3 Å². The Morgan fingerprint density at radius 3 is 2.52 bits per heavy atom. The van der Waals surface area contributed by atoms with E-state index in [9.17, 15) is 19.5 Å². The van der Waals surface area contributed by atoms with Crippen LogP contribution < -0.4 is 5.43 Å². The van der Waals surface area contributed by atoms with Gasteiger partial charge in [-0.25, -0.2) is 0 Å². The predicted molar refractivity (Wildman–Crippen MR) is 75.1 cm³/mol. The monoisotopic (exact) mass is 289 g/mol. The highest BCUT2D eigenvalue weighted by Gasteiger charge is 2.33. The quantitative estimate of drug-likeness (QED) is 0.873. The van der Waals surface area contributed by atoms with Crippen LogP contribution in [0.5, 0.6) is 5.75 Å². The highest BCUT2D eigenvalue weighted by atomic mass is 16.3. The molecule has 111 valence electrons. The fraction of sp³-hybridized carbons (Fsp3) is 0.533. The van der Waals surface area contributed by atoms with Crippen molar-refractivity contribution in [2.75, 3.05) is 6.54 Å². The van der Waals surface area contributed by atoms with Crippen LogP contribution in [0, 0.1) is 0 Å². The highest BCUT2D eigenvalue weighted by molar-refractivity contribution is 5.96. The summed E-state index contributed by atoms with van der Waals surface area (Å²) in [5.74, 6) is -0.957. The zero-order valence-corrected chi connectivity index (χ0v) is 11.7. The van der Waals surface area contributed by atoms with E-state index in [-0.39, 0.29) is 23.2 Å². The van der Waals surface area contributed by atoms with Crippen molar-refractivity contribution in [2.45, 2.75) is 44.7 Å². The molecule has 21 heavy (non-hydrogen) atoms. The minimum absolute atomic E-state index is 0.00387. The van der Waals surface area contributed by atoms with E-state index in [2.05, 4.69) is 0 Å². The Balaban J connectivity index is 1.99. The number of aromatic nitrogens is 1. The van der Waals surface area contributed by atoms with Crippen LogP contribution in [0.4, 0.5) is 0 Å². The molecule has 2 heterocycles. The van der Waals surface area contributed by atoms with Crippen molar-refractivity contribution in [1.29, 1.82) is 0 Å². The first-order valence-corrected chi connectivity index (χ1v) is 7.29. The van der Waals surface area contributed by atoms with Crippen LogP contribution in [0.2, 0.25) is 0 Å². The summed E-state index contributed by atoms with van der Waals surface area (Å²) in [5.41, 5.74) is -1.07. The number of carbonyl (C=O) groups is 1. The smallest absolute Gasteiger partial charge is 0.274 e. The number of amides is 1. The third-order valence-corrected chi connectivity index (χ3v) is 4.43. The van der Waals surface area contributed by atoms with Gasteiger partial charge in [-0.15, -0.1) is 0 Å². The van der Waals surface area contributed by atoms with Crippen LogP contribution in [-0.4, -0.2) is 39.4 Å². The largest absolute Gasteiger partial charge is 0.503 e. The fourth-order valence-corrected chi connectivity index (χ4v) is 3.32. The summed E-state index contributed by atoms with van der Waals surface area (Å²) in [5, 5.41) is 9.98. The summed E-state index contributed by atoms with van der Waals surface area (Å²) in [4.78, 5) is 36.9. The molecule has 6 nitrogen and oxygen atoms in total. The second kappa shape index (κ2) is 5.35. The van der Waals surface area contributed by atoms with Crippen LogP contribution in [0.1, 0.15) is 48.2 Å². The number of hydrogen-bond donors (Lipinski definition) is 1. The Labute approximate surface area is 122 Å². The summed E-state index contributed by atoms with van der Waals surface area (Å²) in [6.45, 7) is 1.01. The predicted octanol–water partition coefficient (Wildman–Crippen LogP) is 0.800. The van der Waals surface area contributed by atoms with Gasteiger partial charge in [0.15, 0.2) is 11.4 Å². The summed E-state index contributed by atoms with van der Waals surface area (Å²) in [6, 6.07) is 0.187. The van der Waals surface area contributed by atoms with Gasteiger partial charge >= 0.3 is 0 Å². The van der Waals surface area contributed by atoms with Gasteiger partial charge in [0.25, 0.3) is 5.91 Å². The van der Waals surface area contributed by atoms with E-state index < -0.39 is 11.2 Å². The lowest BCUT2D eigenvalue weighted by atomic mass is 9.93. The zero-order valence-electron chi connectivity index (χ0n) is 11.7. The maximum Gasteiger partial charge on any atom is 0.274 e. The van der Waals surface area contributed by atoms with Crippen LogP contribution in [0.3, 0.4) is 0 Å². The molecule has 1 aromatic rings. The van der Waals surface area contributed by atoms with Gasteiger partial charge < -0.3 is 14.6 Å². The standard InChI is InChI=1S/C15H17N2O4/c18-9-10-8-16-6-7-17(11-4-2-1-3-5-11)15(21)12(16)14(20)13(10)19/h8,11,20H,1-7H2. The van der Waals surface area contributed by atoms with E-state index in [0.29, 0.717) is 13.1 Å². The van der Waals surface area contributed by atoms with Crippen molar-refractivity contribution < 1.29 is 14.7 Å². The molecule has 0 saturated heterocycles. The normalized spacial score (nSPS) is 19.4. The second-order valence-corrected chi connectivity index (χ2v) is 5.65. The van der Waals surface area contributed by atoms with Gasteiger partial charge in [0.05, 0.1) is 5.56 Å². The Morgan fingerprint density at radius 2 is 1.86 bits per heavy atom. The van der Waals surface area contributed by atoms with E-state index >= 15 is 0 Å². The van der Waals surface area contributed by atoms with Crippen molar-refractivity contribution in [2.24, 2.45) is 0 Å². The van der Waals surface area contributed by atoms with Crippen LogP contribution in [-0.2, 0) is 11.3 Å². The number of hydrogen-bond acceptors (Lipinski definition) is 4. The molecule has 1 fully saturated rings. The van der Waals surface area contributed by atoms with Gasteiger partial charge in [0.2, 0.25) is 11.7 Å². The van der Waals surface area contributed by atoms with Gasteiger partial charge in [-0.3, -0.25) is 14.4 Å². The molecule has 6 heteroatoms. The van der Waals surface area contributed by atoms with Crippen molar-refractivity contribution >= 4 is 12.2 Å². The number of aromatic hydroxyl groups is 1. The molecular formula is C15H17N2O4. The van der Waals surface area contributed by atoms with E-state index in [1.807, 2.05) is 0 Å². The average Bonchev–Trinajstić information content (AvgIpc) is 2.51. The van der Waals surface area contributed by atoms with Gasteiger partial charge in [-0.1, -0.05) is 19.3 Å². The van der Waals surface area contributed by atoms with Gasteiger partial charge in [0.1, 0.15) is 0 Å². The second-order valence-electron chi connectivity index (χ2n) is 5.65. The molecule has 0 spiro atoms. The molecule has 1 saturated carbocycles. The molecule has 1 radical (unpaired) electrons. The lowest BCUT2D eigenvalue weighted by Crippen LogP contribution is -2.48. The molecule has 1 amide bonds. The van der Waals surface area contributed by atoms with E-state index in [0.717, 1.165) is 25.7 Å². The maximum absolute atomic E-state index is 12.6. The molecule has 3 rings (SSSR count). The number of carbonyl (C=O) groups excluding carboxylic acids is 2. The number of fused-ring (bicyclic) bond motifs is 1. The van der Waals surface area contributed by atoms with E-state index in [1.165, 1.54) is 23.5 Å². The van der Waals surface area contributed by atoms with Crippen molar-refractivity contribution in [3.05, 3.63) is 27.7 Å². The average molecular weight is 289 g/mol. The molecule has 1 aliphatic heterocycles. The lowest BCUT2D eigenvalue weighted by Gasteiger charge is -2.38. The first kappa shape index (κ1) is 13.9. The Bertz CT molecular complexity index is 644. The maximum atomic E-state index is 12.6. The van der Waals surface area contributed by atoms with E-state index in [1.54, 1.807) is 4.90 Å². The Morgan fingerprint density at radius 1 is 1.14 bits per heavy atom. The number of rotatable bonds is 2. The summed E-state index contributed by atoms with van der Waals surface area (Å²) in [7, 11) is 0. The zero-order chi connectivity index (χ0) is 15.0. The highest BCUT2D eigenvalue weighted by Crippen LogP contribution is 2.27. The minimum atomic E-state index is -0.824. The van der Waals surface area contributed by atoms with E-state index in [4.69, 9.17) is 0 Å². The van der Waals surface area contributed by atoms with Crippen LogP contribution >= 0.6 is 0 Å². The first-order chi connectivity index (χ1) is 10.1. The van der Waals surface area contributed by atoms with Crippen LogP contribution in [0.15, 0.2) is 11.0 Å². The first-order valence-electron chi connectivity index (χ1n) is 7.29. The molecule has 1 aliphatic carbocycles. The molecule has 0 bridgehead atoms. The van der Waals surface area contributed by atoms with Crippen molar-refractivity contribution in [1.82, 2.24) is 9.47 Å². The lowest BCUT2D eigenvalue weighted by molar-refractivity contribution is 0.0563. The molecule has 1 aromatic heterocycles. The molecule has 0 aromatic carbocycles. The molecule has 0 unspecified atom stereocenters. The fourth-order valence-electron chi connectivity index (χ4n) is 3.32. The summed E-state index contributed by atoms with van der Waals surface area (Å²) < 4.78 is 1.48. The topological polar surface area (TPSA) is 79.6 Å². The molecule has 0 atom stereocenters. The van der Waals surface area contributed by atoms with Gasteiger partial charge in [-0.2, -0.15) is 0 Å². The minimum Gasteiger partial charge on any atom is -0.503 e. The molecule has 1 N–H and O–H groups in total. The Hall–Kier alpha value is -2.11. The summed E-state index contributed by atoms with van der Waals surface area (Å²) >= 11 is 0. The SMILES string of the molecule is O=[C]c1cn2c(c(O)c1=O)C(=O)N(C1CCCCC1)CC2. The number of pyridine rings is 1. The third-order valence-electron chi connectivity index (χ3n) is 4.43. The van der Waals surface area contributed by atoms with Crippen molar-refractivity contribution in [3.8, 4) is 5.75 Å². The number of nitrogens with zero attached hydrogens (tertiary/aromatic N) is 2. The van der Waals surface area contributed by atoms with Crippen LogP contribution in [0.25, 0.3) is 0 Å². The van der Waals surface area contributed by atoms with Gasteiger partial charge in [-0.05, 0) is 12.8 Å². The Kier molecular flexibility index (Phi) is 3.53. The molecule has 2 aliphatic rings. The van der Waals surface area contributed by atoms with Crippen molar-refractivity contribution in [3.63, 3.8) is 0 Å². The third kappa shape index (κ3) is 2.24.